The highest BCUT2D eigenvalue weighted by Gasteiger charge is 2.13. The third-order valence-corrected chi connectivity index (χ3v) is 4.32. The molecule has 4 nitrogen and oxygen atoms in total. The zero-order valence-electron chi connectivity index (χ0n) is 13.5. The molecule has 23 heavy (non-hydrogen) atoms. The number of aryl methyl sites for hydroxylation is 1. The first-order valence-electron chi connectivity index (χ1n) is 8.19. The smallest absolute Gasteiger partial charge is 0.220 e. The highest BCUT2D eigenvalue weighted by molar-refractivity contribution is 5.76. The summed E-state index contributed by atoms with van der Waals surface area (Å²) in [5.41, 5.74) is 2.35. The zero-order chi connectivity index (χ0) is 16.1. The molecule has 2 aromatic rings. The van der Waals surface area contributed by atoms with Gasteiger partial charge in [-0.1, -0.05) is 36.4 Å². The molecule has 1 aromatic carbocycles. The minimum absolute atomic E-state index is 0.136. The fourth-order valence-corrected chi connectivity index (χ4v) is 2.98. The number of amides is 1. The molecule has 0 fully saturated rings. The molecular formula is C19H23N3O. The van der Waals surface area contributed by atoms with Gasteiger partial charge in [-0.3, -0.25) is 4.79 Å². The molecule has 1 unspecified atom stereocenters. The predicted octanol–water partition coefficient (Wildman–Crippen LogP) is 3.21. The van der Waals surface area contributed by atoms with Crippen LogP contribution in [0.2, 0.25) is 0 Å². The quantitative estimate of drug-likeness (QED) is 0.833. The van der Waals surface area contributed by atoms with Gasteiger partial charge in [0.1, 0.15) is 5.82 Å². The van der Waals surface area contributed by atoms with Gasteiger partial charge in [0.2, 0.25) is 5.91 Å². The van der Waals surface area contributed by atoms with Crippen LogP contribution >= 0.6 is 0 Å². The van der Waals surface area contributed by atoms with Gasteiger partial charge in [-0.05, 0) is 36.8 Å². The molecule has 120 valence electrons. The molecule has 1 N–H and O–H groups in total. The Kier molecular flexibility index (Phi) is 4.91. The van der Waals surface area contributed by atoms with Crippen molar-refractivity contribution in [2.24, 2.45) is 5.92 Å². The van der Waals surface area contributed by atoms with Crippen LogP contribution in [-0.4, -0.2) is 15.5 Å². The van der Waals surface area contributed by atoms with Crippen molar-refractivity contribution in [2.75, 3.05) is 0 Å². The van der Waals surface area contributed by atoms with E-state index in [1.807, 2.05) is 25.4 Å². The van der Waals surface area contributed by atoms with Crippen molar-refractivity contribution < 1.29 is 4.79 Å². The average molecular weight is 309 g/mol. The number of nitrogens with zero attached hydrogens (tertiary/aromatic N) is 2. The maximum absolute atomic E-state index is 12.0. The molecule has 0 spiro atoms. The molecule has 0 aliphatic heterocycles. The highest BCUT2D eigenvalue weighted by atomic mass is 16.1. The summed E-state index contributed by atoms with van der Waals surface area (Å²) in [4.78, 5) is 16.2. The Balaban J connectivity index is 1.54. The van der Waals surface area contributed by atoms with E-state index in [4.69, 9.17) is 0 Å². The maximum atomic E-state index is 12.0. The van der Waals surface area contributed by atoms with Crippen LogP contribution in [0, 0.1) is 12.8 Å². The van der Waals surface area contributed by atoms with Gasteiger partial charge >= 0.3 is 0 Å². The van der Waals surface area contributed by atoms with Crippen LogP contribution in [0.15, 0.2) is 48.8 Å². The minimum atomic E-state index is 0.136. The number of imidazole rings is 1. The van der Waals surface area contributed by atoms with E-state index in [1.54, 1.807) is 0 Å². The van der Waals surface area contributed by atoms with Crippen molar-refractivity contribution >= 4 is 5.91 Å². The number of benzene rings is 1. The third kappa shape index (κ3) is 4.31. The number of allylic oxidation sites excluding steroid dienone is 2. The second-order valence-corrected chi connectivity index (χ2v) is 6.17. The van der Waals surface area contributed by atoms with Gasteiger partial charge in [0.25, 0.3) is 0 Å². The lowest BCUT2D eigenvalue weighted by Gasteiger charge is -2.10. The van der Waals surface area contributed by atoms with Crippen molar-refractivity contribution in [1.82, 2.24) is 14.9 Å². The molecule has 1 aliphatic carbocycles. The van der Waals surface area contributed by atoms with E-state index in [9.17, 15) is 4.79 Å². The molecule has 0 radical (unpaired) electrons. The molecule has 1 aromatic heterocycles. The van der Waals surface area contributed by atoms with Crippen molar-refractivity contribution in [3.8, 4) is 0 Å². The summed E-state index contributed by atoms with van der Waals surface area (Å²) in [5, 5.41) is 3.03. The number of aromatic nitrogens is 2. The molecule has 1 amide bonds. The summed E-state index contributed by atoms with van der Waals surface area (Å²) in [6.45, 7) is 3.40. The van der Waals surface area contributed by atoms with E-state index in [0.29, 0.717) is 18.9 Å². The molecule has 4 heteroatoms. The maximum Gasteiger partial charge on any atom is 0.220 e. The van der Waals surface area contributed by atoms with Gasteiger partial charge < -0.3 is 9.88 Å². The molecule has 3 rings (SSSR count). The average Bonchev–Trinajstić information content (AvgIpc) is 3.18. The van der Waals surface area contributed by atoms with Crippen LogP contribution in [0.1, 0.15) is 36.2 Å². The standard InChI is InChI=1S/C19H23N3O/c1-15-20-9-10-22(15)14-18-8-4-7-17(11-18)13-21-19(23)12-16-5-2-3-6-16/h2,4-5,7-11,16H,3,6,12-14H2,1H3,(H,21,23). The summed E-state index contributed by atoms with van der Waals surface area (Å²) < 4.78 is 2.12. The second kappa shape index (κ2) is 7.27. The van der Waals surface area contributed by atoms with Crippen molar-refractivity contribution in [3.63, 3.8) is 0 Å². The van der Waals surface area contributed by atoms with Crippen molar-refractivity contribution in [3.05, 3.63) is 65.8 Å². The number of hydrogen-bond acceptors (Lipinski definition) is 2. The van der Waals surface area contributed by atoms with Gasteiger partial charge in [-0.25, -0.2) is 4.98 Å². The third-order valence-electron chi connectivity index (χ3n) is 4.32. The first-order valence-corrected chi connectivity index (χ1v) is 8.19. The Labute approximate surface area is 137 Å². The van der Waals surface area contributed by atoms with E-state index in [0.717, 1.165) is 30.8 Å². The van der Waals surface area contributed by atoms with Crippen molar-refractivity contribution in [1.29, 1.82) is 0 Å². The van der Waals surface area contributed by atoms with Gasteiger partial charge in [-0.2, -0.15) is 0 Å². The lowest BCUT2D eigenvalue weighted by atomic mass is 10.0. The zero-order valence-corrected chi connectivity index (χ0v) is 13.5. The minimum Gasteiger partial charge on any atom is -0.352 e. The highest BCUT2D eigenvalue weighted by Crippen LogP contribution is 2.20. The largest absolute Gasteiger partial charge is 0.352 e. The fourth-order valence-electron chi connectivity index (χ4n) is 2.98. The monoisotopic (exact) mass is 309 g/mol. The number of carbonyl (C=O) groups is 1. The topological polar surface area (TPSA) is 46.9 Å². The first kappa shape index (κ1) is 15.5. The lowest BCUT2D eigenvalue weighted by molar-refractivity contribution is -0.121. The van der Waals surface area contributed by atoms with Gasteiger partial charge in [0, 0.05) is 31.9 Å². The Morgan fingerprint density at radius 3 is 3.00 bits per heavy atom. The number of carbonyl (C=O) groups excluding carboxylic acids is 1. The molecule has 0 saturated heterocycles. The van der Waals surface area contributed by atoms with E-state index >= 15 is 0 Å². The van der Waals surface area contributed by atoms with E-state index < -0.39 is 0 Å². The number of nitrogens with one attached hydrogen (secondary N) is 1. The van der Waals surface area contributed by atoms with Gasteiger partial charge in [-0.15, -0.1) is 0 Å². The van der Waals surface area contributed by atoms with Crippen LogP contribution < -0.4 is 5.32 Å². The van der Waals surface area contributed by atoms with Crippen LogP contribution in [0.5, 0.6) is 0 Å². The molecule has 0 saturated carbocycles. The van der Waals surface area contributed by atoms with Crippen LogP contribution in [0.25, 0.3) is 0 Å². The molecule has 1 heterocycles. The molecule has 1 aliphatic rings. The number of hydrogen-bond donors (Lipinski definition) is 1. The van der Waals surface area contributed by atoms with E-state index in [-0.39, 0.29) is 5.91 Å². The second-order valence-electron chi connectivity index (χ2n) is 6.17. The first-order chi connectivity index (χ1) is 11.2. The molecule has 0 bridgehead atoms. The normalized spacial score (nSPS) is 16.7. The summed E-state index contributed by atoms with van der Waals surface area (Å²) in [6.07, 6.45) is 10.9. The van der Waals surface area contributed by atoms with Crippen LogP contribution in [-0.2, 0) is 17.9 Å². The Morgan fingerprint density at radius 2 is 2.26 bits per heavy atom. The van der Waals surface area contributed by atoms with Gasteiger partial charge in [0.15, 0.2) is 0 Å². The summed E-state index contributed by atoms with van der Waals surface area (Å²) in [6, 6.07) is 8.35. The SMILES string of the molecule is Cc1nccn1Cc1cccc(CNC(=O)CC2C=CCC2)c1. The molecular weight excluding hydrogens is 286 g/mol. The van der Waals surface area contributed by atoms with E-state index in [1.165, 1.54) is 5.56 Å². The fraction of sp³-hybridized carbons (Fsp3) is 0.368. The lowest BCUT2D eigenvalue weighted by Crippen LogP contribution is -2.24. The van der Waals surface area contributed by atoms with Crippen molar-refractivity contribution in [2.45, 2.75) is 39.3 Å². The Bertz CT molecular complexity index is 702. The van der Waals surface area contributed by atoms with Gasteiger partial charge in [0.05, 0.1) is 0 Å². The van der Waals surface area contributed by atoms with Crippen LogP contribution in [0.4, 0.5) is 0 Å². The number of rotatable bonds is 6. The Hall–Kier alpha value is -2.36. The van der Waals surface area contributed by atoms with E-state index in [2.05, 4.69) is 45.2 Å². The molecule has 1 atom stereocenters. The summed E-state index contributed by atoms with van der Waals surface area (Å²) in [7, 11) is 0. The summed E-state index contributed by atoms with van der Waals surface area (Å²) in [5.74, 6) is 1.57. The predicted molar refractivity (Wildman–Crippen MR) is 90.8 cm³/mol. The summed E-state index contributed by atoms with van der Waals surface area (Å²) >= 11 is 0. The van der Waals surface area contributed by atoms with Crippen LogP contribution in [0.3, 0.4) is 0 Å². The Morgan fingerprint density at radius 1 is 1.39 bits per heavy atom.